The van der Waals surface area contributed by atoms with Gasteiger partial charge in [-0.2, -0.15) is 0 Å². The molecule has 3 aromatic carbocycles. The minimum absolute atomic E-state index is 0.103. The molecule has 0 spiro atoms. The van der Waals surface area contributed by atoms with Crippen LogP contribution in [0.4, 0.5) is 5.69 Å². The van der Waals surface area contributed by atoms with E-state index in [1.54, 1.807) is 23.1 Å². The lowest BCUT2D eigenvalue weighted by Crippen LogP contribution is -2.24. The fourth-order valence-corrected chi connectivity index (χ4v) is 4.39. The lowest BCUT2D eigenvalue weighted by Gasteiger charge is -2.21. The summed E-state index contributed by atoms with van der Waals surface area (Å²) >= 11 is 12.2. The van der Waals surface area contributed by atoms with Crippen LogP contribution in [0.5, 0.6) is 0 Å². The number of anilines is 1. The van der Waals surface area contributed by atoms with Crippen LogP contribution in [0.3, 0.4) is 0 Å². The van der Waals surface area contributed by atoms with Gasteiger partial charge in [-0.15, -0.1) is 0 Å². The third-order valence-electron chi connectivity index (χ3n) is 6.00. The average Bonchev–Trinajstić information content (AvgIpc) is 3.46. The van der Waals surface area contributed by atoms with E-state index in [0.29, 0.717) is 33.1 Å². The molecule has 5 rings (SSSR count). The molecule has 1 amide bonds. The van der Waals surface area contributed by atoms with Gasteiger partial charge in [0.1, 0.15) is 11.5 Å². The first-order valence-electron chi connectivity index (χ1n) is 11.4. The second-order valence-corrected chi connectivity index (χ2v) is 9.53. The minimum Gasteiger partial charge on any atom is -0.457 e. The predicted octanol–water partition coefficient (Wildman–Crippen LogP) is 8.85. The van der Waals surface area contributed by atoms with Gasteiger partial charge in [0.2, 0.25) is 0 Å². The van der Waals surface area contributed by atoms with Gasteiger partial charge < -0.3 is 4.42 Å². The molecule has 0 unspecified atom stereocenters. The fraction of sp³-hybridized carbons (Fsp3) is 0.100. The van der Waals surface area contributed by atoms with Crippen LogP contribution in [0.15, 0.2) is 101 Å². The monoisotopic (exact) mass is 499 g/mol. The normalized spacial score (nSPS) is 14.8. The number of rotatable bonds is 5. The van der Waals surface area contributed by atoms with Crippen LogP contribution < -0.4 is 4.90 Å². The number of carbonyl (C=O) groups is 1. The third kappa shape index (κ3) is 4.70. The topological polar surface area (TPSA) is 33.5 Å². The highest BCUT2D eigenvalue weighted by atomic mass is 35.5. The van der Waals surface area contributed by atoms with E-state index in [-0.39, 0.29) is 5.91 Å². The molecule has 4 aromatic rings. The number of nitrogens with zero attached hydrogens (tertiary/aromatic N) is 1. The molecule has 0 fully saturated rings. The Kier molecular flexibility index (Phi) is 6.38. The molecule has 0 aliphatic carbocycles. The van der Waals surface area contributed by atoms with Gasteiger partial charge in [0.15, 0.2) is 0 Å². The van der Waals surface area contributed by atoms with Crippen molar-refractivity contribution in [1.29, 1.82) is 0 Å². The van der Waals surface area contributed by atoms with Crippen molar-refractivity contribution in [3.8, 4) is 11.3 Å². The molecule has 35 heavy (non-hydrogen) atoms. The Morgan fingerprint density at radius 2 is 1.57 bits per heavy atom. The van der Waals surface area contributed by atoms with Gasteiger partial charge in [0.05, 0.1) is 15.7 Å². The fourth-order valence-electron chi connectivity index (χ4n) is 4.09. The molecule has 1 aromatic heterocycles. The summed E-state index contributed by atoms with van der Waals surface area (Å²) in [7, 11) is 0. The molecule has 0 N–H and O–H groups in total. The summed E-state index contributed by atoms with van der Waals surface area (Å²) in [5.41, 5.74) is 5.21. The van der Waals surface area contributed by atoms with Gasteiger partial charge in [0, 0.05) is 16.8 Å². The zero-order valence-electron chi connectivity index (χ0n) is 19.3. The number of hydrogen-bond acceptors (Lipinski definition) is 2. The van der Waals surface area contributed by atoms with Gasteiger partial charge in [-0.3, -0.25) is 9.69 Å². The summed E-state index contributed by atoms with van der Waals surface area (Å²) in [5, 5.41) is 0.946. The third-order valence-corrected chi connectivity index (χ3v) is 6.74. The van der Waals surface area contributed by atoms with Crippen molar-refractivity contribution in [3.63, 3.8) is 0 Å². The van der Waals surface area contributed by atoms with E-state index in [2.05, 4.69) is 26.0 Å². The van der Waals surface area contributed by atoms with Crippen molar-refractivity contribution in [2.24, 2.45) is 0 Å². The minimum atomic E-state index is -0.103. The molecule has 2 heterocycles. The summed E-state index contributed by atoms with van der Waals surface area (Å²) in [6.07, 6.45) is 3.68. The van der Waals surface area contributed by atoms with Crippen molar-refractivity contribution in [2.75, 3.05) is 4.90 Å². The molecule has 0 radical (unpaired) electrons. The highest BCUT2D eigenvalue weighted by molar-refractivity contribution is 6.42. The van der Waals surface area contributed by atoms with Crippen molar-refractivity contribution < 1.29 is 9.21 Å². The van der Waals surface area contributed by atoms with Crippen LogP contribution in [-0.4, -0.2) is 5.91 Å². The molecule has 1 aliphatic heterocycles. The van der Waals surface area contributed by atoms with Crippen molar-refractivity contribution in [3.05, 3.63) is 124 Å². The maximum atomic E-state index is 13.6. The molecule has 3 nitrogen and oxygen atoms in total. The Morgan fingerprint density at radius 3 is 2.26 bits per heavy atom. The first-order chi connectivity index (χ1) is 16.9. The smallest absolute Gasteiger partial charge is 0.263 e. The summed E-state index contributed by atoms with van der Waals surface area (Å²) in [4.78, 5) is 15.4. The van der Waals surface area contributed by atoms with Gasteiger partial charge in [-0.25, -0.2) is 0 Å². The Labute approximate surface area is 214 Å². The predicted molar refractivity (Wildman–Crippen MR) is 145 cm³/mol. The second kappa shape index (κ2) is 9.61. The summed E-state index contributed by atoms with van der Waals surface area (Å²) in [6.45, 7) is 4.31. The molecular formula is C30H23Cl2NO2. The van der Waals surface area contributed by atoms with Gasteiger partial charge in [-0.1, -0.05) is 79.5 Å². The molecule has 0 bridgehead atoms. The zero-order chi connectivity index (χ0) is 24.5. The van der Waals surface area contributed by atoms with Crippen LogP contribution in [0.1, 0.15) is 36.7 Å². The first-order valence-corrected chi connectivity index (χ1v) is 12.1. The van der Waals surface area contributed by atoms with Crippen LogP contribution in [0.2, 0.25) is 10.0 Å². The molecular weight excluding hydrogens is 477 g/mol. The zero-order valence-corrected chi connectivity index (χ0v) is 20.8. The molecule has 0 atom stereocenters. The number of halogens is 2. The molecule has 0 saturated heterocycles. The van der Waals surface area contributed by atoms with Gasteiger partial charge in [-0.05, 0) is 71.7 Å². The molecule has 174 valence electrons. The van der Waals surface area contributed by atoms with Crippen molar-refractivity contribution >= 4 is 46.6 Å². The van der Waals surface area contributed by atoms with Crippen LogP contribution in [-0.2, 0) is 4.79 Å². The van der Waals surface area contributed by atoms with Crippen LogP contribution >= 0.6 is 23.2 Å². The number of benzene rings is 3. The Hall–Kier alpha value is -3.53. The van der Waals surface area contributed by atoms with E-state index in [9.17, 15) is 4.79 Å². The second-order valence-electron chi connectivity index (χ2n) is 8.71. The SMILES string of the molecule is CC(C)c1ccc(N2C(=O)C(=Cc3ccc(-c4ccc(Cl)c(Cl)c4)o3)C=C2c2ccccc2)cc1. The first kappa shape index (κ1) is 23.2. The molecule has 1 aliphatic rings. The molecule has 5 heteroatoms. The highest BCUT2D eigenvalue weighted by Crippen LogP contribution is 2.36. The quantitative estimate of drug-likeness (QED) is 0.257. The van der Waals surface area contributed by atoms with E-state index in [0.717, 1.165) is 22.5 Å². The maximum absolute atomic E-state index is 13.6. The number of furan rings is 1. The van der Waals surface area contributed by atoms with E-state index in [1.807, 2.05) is 66.7 Å². The summed E-state index contributed by atoms with van der Waals surface area (Å²) in [6, 6.07) is 27.1. The Balaban J connectivity index is 1.52. The van der Waals surface area contributed by atoms with Crippen LogP contribution in [0.25, 0.3) is 23.1 Å². The standard InChI is InChI=1S/C30H23Cl2NO2/c1-19(2)20-8-11-24(12-9-20)33-28(21-6-4-3-5-7-21)18-23(30(33)34)16-25-13-15-29(35-25)22-10-14-26(31)27(32)17-22/h3-19H,1-2H3. The number of hydrogen-bond donors (Lipinski definition) is 0. The molecule has 0 saturated carbocycles. The van der Waals surface area contributed by atoms with Crippen LogP contribution in [0, 0.1) is 0 Å². The van der Waals surface area contributed by atoms with E-state index in [1.165, 1.54) is 5.56 Å². The van der Waals surface area contributed by atoms with E-state index in [4.69, 9.17) is 27.6 Å². The van der Waals surface area contributed by atoms with Crippen molar-refractivity contribution in [1.82, 2.24) is 0 Å². The maximum Gasteiger partial charge on any atom is 0.263 e. The van der Waals surface area contributed by atoms with E-state index < -0.39 is 0 Å². The lowest BCUT2D eigenvalue weighted by atomic mass is 10.0. The van der Waals surface area contributed by atoms with Crippen molar-refractivity contribution in [2.45, 2.75) is 19.8 Å². The van der Waals surface area contributed by atoms with Gasteiger partial charge >= 0.3 is 0 Å². The highest BCUT2D eigenvalue weighted by Gasteiger charge is 2.30. The number of amides is 1. The lowest BCUT2D eigenvalue weighted by molar-refractivity contribution is -0.113. The Bertz CT molecular complexity index is 1450. The van der Waals surface area contributed by atoms with Gasteiger partial charge in [0.25, 0.3) is 5.91 Å². The Morgan fingerprint density at radius 1 is 0.829 bits per heavy atom. The average molecular weight is 500 g/mol. The summed E-state index contributed by atoms with van der Waals surface area (Å²) in [5.74, 6) is 1.54. The number of carbonyl (C=O) groups excluding carboxylic acids is 1. The largest absolute Gasteiger partial charge is 0.457 e. The van der Waals surface area contributed by atoms with E-state index >= 15 is 0 Å². The summed E-state index contributed by atoms with van der Waals surface area (Å²) < 4.78 is 6.02.